The number of rotatable bonds is 7. The predicted molar refractivity (Wildman–Crippen MR) is 80.8 cm³/mol. The highest BCUT2D eigenvalue weighted by Gasteiger charge is 2.17. The van der Waals surface area contributed by atoms with Crippen LogP contribution in [0.2, 0.25) is 0 Å². The molecule has 1 aliphatic rings. The number of carbonyl (C=O) groups excluding carboxylic acids is 2. The molecule has 0 bridgehead atoms. The fourth-order valence-corrected chi connectivity index (χ4v) is 2.60. The summed E-state index contributed by atoms with van der Waals surface area (Å²) in [5.41, 5.74) is 1.22. The quantitative estimate of drug-likeness (QED) is 0.738. The summed E-state index contributed by atoms with van der Waals surface area (Å²) in [6.07, 6.45) is 0. The first-order valence-electron chi connectivity index (χ1n) is 6.62. The van der Waals surface area contributed by atoms with Crippen LogP contribution in [0.1, 0.15) is 10.4 Å². The fourth-order valence-electron chi connectivity index (χ4n) is 1.81. The van der Waals surface area contributed by atoms with Crippen molar-refractivity contribution in [3.05, 3.63) is 23.8 Å². The molecule has 0 saturated heterocycles. The topological polar surface area (TPSA) is 76.7 Å². The maximum atomic E-state index is 12.0. The van der Waals surface area contributed by atoms with Crippen LogP contribution in [0.4, 0.5) is 5.69 Å². The molecule has 114 valence electrons. The van der Waals surface area contributed by atoms with E-state index in [-0.39, 0.29) is 11.8 Å². The second-order valence-electron chi connectivity index (χ2n) is 4.41. The Balaban J connectivity index is 1.82. The molecule has 0 saturated carbocycles. The third-order valence-corrected chi connectivity index (χ3v) is 3.91. The van der Waals surface area contributed by atoms with Crippen LogP contribution in [0.5, 0.6) is 0 Å². The third kappa shape index (κ3) is 4.73. The number of carbonyl (C=O) groups is 2. The molecule has 0 unspecified atom stereocenters. The number of benzene rings is 1. The molecule has 0 aromatic heterocycles. The van der Waals surface area contributed by atoms with Crippen LogP contribution in [0.3, 0.4) is 0 Å². The Hall–Kier alpha value is -1.57. The van der Waals surface area contributed by atoms with Gasteiger partial charge in [0.15, 0.2) is 0 Å². The molecular formula is C14H18N2O4S. The van der Waals surface area contributed by atoms with Crippen molar-refractivity contribution in [1.82, 2.24) is 5.32 Å². The average molecular weight is 310 g/mol. The second kappa shape index (κ2) is 8.02. The largest absolute Gasteiger partial charge is 0.382 e. The lowest BCUT2D eigenvalue weighted by Crippen LogP contribution is -2.28. The van der Waals surface area contributed by atoms with Gasteiger partial charge in [-0.05, 0) is 18.2 Å². The van der Waals surface area contributed by atoms with Crippen LogP contribution in [0.25, 0.3) is 0 Å². The van der Waals surface area contributed by atoms with Gasteiger partial charge in [0.05, 0.1) is 31.3 Å². The zero-order valence-electron chi connectivity index (χ0n) is 11.8. The molecule has 2 N–H and O–H groups in total. The summed E-state index contributed by atoms with van der Waals surface area (Å²) in [5.74, 6) is 0.187. The van der Waals surface area contributed by atoms with Gasteiger partial charge in [0.25, 0.3) is 5.91 Å². The Morgan fingerprint density at radius 3 is 3.05 bits per heavy atom. The molecule has 2 rings (SSSR count). The number of ether oxygens (including phenoxy) is 2. The van der Waals surface area contributed by atoms with Crippen molar-refractivity contribution in [2.75, 3.05) is 44.5 Å². The molecule has 2 amide bonds. The molecule has 0 radical (unpaired) electrons. The van der Waals surface area contributed by atoms with E-state index < -0.39 is 0 Å². The molecule has 21 heavy (non-hydrogen) atoms. The number of amides is 2. The number of hydrogen-bond donors (Lipinski definition) is 2. The van der Waals surface area contributed by atoms with Crippen molar-refractivity contribution < 1.29 is 19.1 Å². The van der Waals surface area contributed by atoms with E-state index in [2.05, 4.69) is 10.6 Å². The minimum absolute atomic E-state index is 0.0448. The number of anilines is 1. The first kappa shape index (κ1) is 15.8. The van der Waals surface area contributed by atoms with E-state index in [0.717, 1.165) is 4.90 Å². The molecule has 0 fully saturated rings. The summed E-state index contributed by atoms with van der Waals surface area (Å²) >= 11 is 1.47. The lowest BCUT2D eigenvalue weighted by molar-refractivity contribution is -0.113. The van der Waals surface area contributed by atoms with Gasteiger partial charge in [-0.25, -0.2) is 0 Å². The maximum absolute atomic E-state index is 12.0. The van der Waals surface area contributed by atoms with E-state index in [0.29, 0.717) is 43.4 Å². The number of nitrogens with one attached hydrogen (secondary N) is 2. The molecule has 1 aromatic carbocycles. The fraction of sp³-hybridized carbons (Fsp3) is 0.429. The Kier molecular flexibility index (Phi) is 6.04. The van der Waals surface area contributed by atoms with Crippen molar-refractivity contribution in [2.45, 2.75) is 4.90 Å². The first-order chi connectivity index (χ1) is 10.2. The van der Waals surface area contributed by atoms with E-state index in [4.69, 9.17) is 9.47 Å². The standard InChI is InChI=1S/C14H18N2O4S/c1-19-6-7-20-5-4-15-14(18)10-2-3-12-11(8-10)16-13(17)9-21-12/h2-3,8H,4-7,9H2,1H3,(H,15,18)(H,16,17). The molecular weight excluding hydrogens is 292 g/mol. The molecule has 7 heteroatoms. The highest BCUT2D eigenvalue weighted by Crippen LogP contribution is 2.31. The smallest absolute Gasteiger partial charge is 0.251 e. The molecule has 1 aromatic rings. The van der Waals surface area contributed by atoms with Gasteiger partial charge in [0.1, 0.15) is 0 Å². The summed E-state index contributed by atoms with van der Waals surface area (Å²) in [6.45, 7) is 1.91. The lowest BCUT2D eigenvalue weighted by Gasteiger charge is -2.16. The summed E-state index contributed by atoms with van der Waals surface area (Å²) in [5, 5.41) is 5.54. The molecule has 1 aliphatic heterocycles. The van der Waals surface area contributed by atoms with E-state index in [1.54, 1.807) is 19.2 Å². The van der Waals surface area contributed by atoms with E-state index >= 15 is 0 Å². The Morgan fingerprint density at radius 2 is 2.24 bits per heavy atom. The summed E-state index contributed by atoms with van der Waals surface area (Å²) in [6, 6.07) is 5.30. The molecule has 0 spiro atoms. The monoisotopic (exact) mass is 310 g/mol. The minimum atomic E-state index is -0.182. The lowest BCUT2D eigenvalue weighted by atomic mass is 10.2. The van der Waals surface area contributed by atoms with E-state index in [1.165, 1.54) is 11.8 Å². The minimum Gasteiger partial charge on any atom is -0.382 e. The van der Waals surface area contributed by atoms with Crippen molar-refractivity contribution in [2.24, 2.45) is 0 Å². The van der Waals surface area contributed by atoms with Gasteiger partial charge in [-0.1, -0.05) is 0 Å². The van der Waals surface area contributed by atoms with Crippen LogP contribution in [-0.4, -0.2) is 51.0 Å². The molecule has 0 atom stereocenters. The summed E-state index contributed by atoms with van der Waals surface area (Å²) < 4.78 is 10.1. The van der Waals surface area contributed by atoms with Crippen LogP contribution < -0.4 is 10.6 Å². The number of thioether (sulfide) groups is 1. The van der Waals surface area contributed by atoms with Crippen molar-refractivity contribution >= 4 is 29.3 Å². The second-order valence-corrected chi connectivity index (χ2v) is 5.43. The van der Waals surface area contributed by atoms with E-state index in [1.807, 2.05) is 6.07 Å². The first-order valence-corrected chi connectivity index (χ1v) is 7.61. The third-order valence-electron chi connectivity index (χ3n) is 2.84. The van der Waals surface area contributed by atoms with Crippen molar-refractivity contribution in [3.8, 4) is 0 Å². The summed E-state index contributed by atoms with van der Waals surface area (Å²) in [7, 11) is 1.61. The van der Waals surface area contributed by atoms with Gasteiger partial charge in [-0.2, -0.15) is 0 Å². The Bertz CT molecular complexity index is 522. The van der Waals surface area contributed by atoms with Gasteiger partial charge in [0, 0.05) is 24.1 Å². The van der Waals surface area contributed by atoms with Gasteiger partial charge >= 0.3 is 0 Å². The van der Waals surface area contributed by atoms with E-state index in [9.17, 15) is 9.59 Å². The molecule has 0 aliphatic carbocycles. The maximum Gasteiger partial charge on any atom is 0.251 e. The highest BCUT2D eigenvalue weighted by molar-refractivity contribution is 8.00. The zero-order chi connectivity index (χ0) is 15.1. The summed E-state index contributed by atoms with van der Waals surface area (Å²) in [4.78, 5) is 24.3. The molecule has 1 heterocycles. The molecule has 6 nitrogen and oxygen atoms in total. The normalized spacial score (nSPS) is 13.5. The van der Waals surface area contributed by atoms with Gasteiger partial charge in [-0.15, -0.1) is 11.8 Å². The number of hydrogen-bond acceptors (Lipinski definition) is 5. The SMILES string of the molecule is COCCOCCNC(=O)c1ccc2c(c1)NC(=O)CS2. The average Bonchev–Trinajstić information content (AvgIpc) is 2.49. The van der Waals surface area contributed by atoms with Crippen LogP contribution in [0, 0.1) is 0 Å². The highest BCUT2D eigenvalue weighted by atomic mass is 32.2. The van der Waals surface area contributed by atoms with Crippen LogP contribution in [-0.2, 0) is 14.3 Å². The van der Waals surface area contributed by atoms with Gasteiger partial charge < -0.3 is 20.1 Å². The Morgan fingerprint density at radius 1 is 1.38 bits per heavy atom. The number of fused-ring (bicyclic) bond motifs is 1. The van der Waals surface area contributed by atoms with Crippen molar-refractivity contribution in [3.63, 3.8) is 0 Å². The van der Waals surface area contributed by atoms with Gasteiger partial charge in [-0.3, -0.25) is 9.59 Å². The number of methoxy groups -OCH3 is 1. The Labute approximate surface area is 127 Å². The van der Waals surface area contributed by atoms with Crippen LogP contribution in [0.15, 0.2) is 23.1 Å². The van der Waals surface area contributed by atoms with Crippen LogP contribution >= 0.6 is 11.8 Å². The zero-order valence-corrected chi connectivity index (χ0v) is 12.6. The van der Waals surface area contributed by atoms with Gasteiger partial charge in [0.2, 0.25) is 5.91 Å². The predicted octanol–water partition coefficient (Wildman–Crippen LogP) is 1.12. The van der Waals surface area contributed by atoms with Crippen molar-refractivity contribution in [1.29, 1.82) is 0 Å².